The first kappa shape index (κ1) is 12.3. The van der Waals surface area contributed by atoms with Crippen LogP contribution in [0.3, 0.4) is 0 Å². The molecule has 1 aromatic carbocycles. The summed E-state index contributed by atoms with van der Waals surface area (Å²) in [6, 6.07) is 7.43. The van der Waals surface area contributed by atoms with Crippen molar-refractivity contribution < 1.29 is 9.94 Å². The fraction of sp³-hybridized carbons (Fsp3) is 0.308. The molecule has 0 radical (unpaired) electrons. The zero-order valence-electron chi connectivity index (χ0n) is 10.5. The van der Waals surface area contributed by atoms with Crippen LogP contribution in [0.1, 0.15) is 30.9 Å². The SMILES string of the molecule is CC(C)c1cccc(N)c1COc1ccn(O)n1. The highest BCUT2D eigenvalue weighted by atomic mass is 16.5. The first-order chi connectivity index (χ1) is 8.58. The van der Waals surface area contributed by atoms with Crippen molar-refractivity contribution in [2.24, 2.45) is 0 Å². The van der Waals surface area contributed by atoms with Crippen molar-refractivity contribution in [2.45, 2.75) is 26.4 Å². The topological polar surface area (TPSA) is 73.3 Å². The molecule has 1 heterocycles. The molecule has 0 atom stereocenters. The number of ether oxygens (including phenoxy) is 1. The summed E-state index contributed by atoms with van der Waals surface area (Å²) < 4.78 is 5.51. The quantitative estimate of drug-likeness (QED) is 0.642. The van der Waals surface area contributed by atoms with Gasteiger partial charge < -0.3 is 15.7 Å². The lowest BCUT2D eigenvalue weighted by atomic mass is 9.96. The van der Waals surface area contributed by atoms with E-state index < -0.39 is 0 Å². The van der Waals surface area contributed by atoms with Gasteiger partial charge in [0.2, 0.25) is 5.88 Å². The Morgan fingerprint density at radius 3 is 2.78 bits per heavy atom. The van der Waals surface area contributed by atoms with Crippen molar-refractivity contribution in [3.8, 4) is 5.88 Å². The van der Waals surface area contributed by atoms with E-state index in [2.05, 4.69) is 18.9 Å². The number of nitrogen functional groups attached to an aromatic ring is 1. The van der Waals surface area contributed by atoms with Gasteiger partial charge in [-0.3, -0.25) is 0 Å². The van der Waals surface area contributed by atoms with E-state index in [-0.39, 0.29) is 0 Å². The summed E-state index contributed by atoms with van der Waals surface area (Å²) >= 11 is 0. The number of benzene rings is 1. The van der Waals surface area contributed by atoms with E-state index in [1.54, 1.807) is 6.07 Å². The molecule has 0 aliphatic carbocycles. The standard InChI is InChI=1S/C13H17N3O2/c1-9(2)10-4-3-5-12(14)11(10)8-18-13-6-7-16(17)15-13/h3-7,9,17H,8,14H2,1-2H3. The van der Waals surface area contributed by atoms with Crippen molar-refractivity contribution >= 4 is 5.69 Å². The average Bonchev–Trinajstić information content (AvgIpc) is 2.73. The van der Waals surface area contributed by atoms with Crippen LogP contribution in [0.4, 0.5) is 5.69 Å². The molecule has 0 aliphatic rings. The van der Waals surface area contributed by atoms with Gasteiger partial charge in [-0.1, -0.05) is 31.1 Å². The van der Waals surface area contributed by atoms with Gasteiger partial charge in [0, 0.05) is 17.3 Å². The van der Waals surface area contributed by atoms with Crippen LogP contribution < -0.4 is 10.5 Å². The predicted molar refractivity (Wildman–Crippen MR) is 68.7 cm³/mol. The van der Waals surface area contributed by atoms with E-state index in [1.165, 1.54) is 11.8 Å². The Labute approximate surface area is 106 Å². The number of aromatic nitrogens is 2. The van der Waals surface area contributed by atoms with Crippen molar-refractivity contribution in [1.29, 1.82) is 0 Å². The summed E-state index contributed by atoms with van der Waals surface area (Å²) in [7, 11) is 0. The zero-order chi connectivity index (χ0) is 13.1. The first-order valence-corrected chi connectivity index (χ1v) is 5.83. The van der Waals surface area contributed by atoms with E-state index in [0.717, 1.165) is 5.56 Å². The highest BCUT2D eigenvalue weighted by molar-refractivity contribution is 5.51. The van der Waals surface area contributed by atoms with Gasteiger partial charge in [-0.05, 0) is 17.5 Å². The molecule has 2 aromatic rings. The Morgan fingerprint density at radius 2 is 2.17 bits per heavy atom. The maximum absolute atomic E-state index is 9.05. The molecule has 0 bridgehead atoms. The van der Waals surface area contributed by atoms with E-state index in [9.17, 15) is 0 Å². The third-order valence-corrected chi connectivity index (χ3v) is 2.79. The van der Waals surface area contributed by atoms with Crippen LogP contribution >= 0.6 is 0 Å². The number of rotatable bonds is 4. The van der Waals surface area contributed by atoms with Gasteiger partial charge in [0.1, 0.15) is 6.61 Å². The molecule has 0 spiro atoms. The lowest BCUT2D eigenvalue weighted by Crippen LogP contribution is -2.06. The molecule has 0 fully saturated rings. The number of hydrogen-bond acceptors (Lipinski definition) is 4. The van der Waals surface area contributed by atoms with Crippen LogP contribution in [0.5, 0.6) is 5.88 Å². The van der Waals surface area contributed by atoms with Crippen LogP contribution in [-0.4, -0.2) is 15.2 Å². The fourth-order valence-electron chi connectivity index (χ4n) is 1.85. The minimum Gasteiger partial charge on any atom is -0.472 e. The molecular formula is C13H17N3O2. The van der Waals surface area contributed by atoms with Gasteiger partial charge in [0.25, 0.3) is 0 Å². The maximum atomic E-state index is 9.05. The second kappa shape index (κ2) is 5.00. The van der Waals surface area contributed by atoms with Gasteiger partial charge in [-0.2, -0.15) is 0 Å². The van der Waals surface area contributed by atoms with E-state index in [4.69, 9.17) is 15.7 Å². The zero-order valence-corrected chi connectivity index (χ0v) is 10.5. The lowest BCUT2D eigenvalue weighted by molar-refractivity contribution is 0.141. The Bertz CT molecular complexity index is 535. The van der Waals surface area contributed by atoms with Crippen LogP contribution in [-0.2, 0) is 6.61 Å². The number of nitrogens with zero attached hydrogens (tertiary/aromatic N) is 2. The molecule has 5 nitrogen and oxygen atoms in total. The first-order valence-electron chi connectivity index (χ1n) is 5.83. The molecule has 96 valence electrons. The van der Waals surface area contributed by atoms with Crippen molar-refractivity contribution in [3.63, 3.8) is 0 Å². The highest BCUT2D eigenvalue weighted by Gasteiger charge is 2.10. The molecule has 18 heavy (non-hydrogen) atoms. The summed E-state index contributed by atoms with van der Waals surface area (Å²) in [6.45, 7) is 4.57. The third-order valence-electron chi connectivity index (χ3n) is 2.79. The summed E-state index contributed by atoms with van der Waals surface area (Å²) in [5, 5.41) is 12.8. The minimum atomic E-state index is 0.344. The van der Waals surface area contributed by atoms with Crippen molar-refractivity contribution in [2.75, 3.05) is 5.73 Å². The molecule has 0 saturated carbocycles. The van der Waals surface area contributed by atoms with E-state index in [1.807, 2.05) is 18.2 Å². The number of nitrogens with two attached hydrogens (primary N) is 1. The Morgan fingerprint density at radius 1 is 1.39 bits per heavy atom. The van der Waals surface area contributed by atoms with Gasteiger partial charge in [-0.25, -0.2) is 0 Å². The van der Waals surface area contributed by atoms with Crippen LogP contribution in [0.2, 0.25) is 0 Å². The second-order valence-electron chi connectivity index (χ2n) is 4.43. The average molecular weight is 247 g/mol. The summed E-state index contributed by atoms with van der Waals surface area (Å²) in [5.74, 6) is 0.748. The molecule has 3 N–H and O–H groups in total. The third kappa shape index (κ3) is 2.56. The highest BCUT2D eigenvalue weighted by Crippen LogP contribution is 2.25. The largest absolute Gasteiger partial charge is 0.472 e. The van der Waals surface area contributed by atoms with Gasteiger partial charge >= 0.3 is 0 Å². The normalized spacial score (nSPS) is 10.8. The number of anilines is 1. The minimum absolute atomic E-state index is 0.344. The summed E-state index contributed by atoms with van der Waals surface area (Å²) in [5.41, 5.74) is 8.82. The van der Waals surface area contributed by atoms with E-state index >= 15 is 0 Å². The van der Waals surface area contributed by atoms with Crippen molar-refractivity contribution in [3.05, 3.63) is 41.6 Å². The Hall–Kier alpha value is -2.17. The van der Waals surface area contributed by atoms with E-state index in [0.29, 0.717) is 28.9 Å². The van der Waals surface area contributed by atoms with Gasteiger partial charge in [-0.15, -0.1) is 4.85 Å². The smallest absolute Gasteiger partial charge is 0.236 e. The molecule has 0 unspecified atom stereocenters. The molecule has 0 aliphatic heterocycles. The molecule has 1 aromatic heterocycles. The summed E-state index contributed by atoms with van der Waals surface area (Å²) in [4.78, 5) is 0.715. The van der Waals surface area contributed by atoms with Crippen LogP contribution in [0, 0.1) is 0 Å². The Balaban J connectivity index is 2.18. The lowest BCUT2D eigenvalue weighted by Gasteiger charge is -2.15. The number of hydrogen-bond donors (Lipinski definition) is 2. The predicted octanol–water partition coefficient (Wildman–Crippen LogP) is 2.41. The fourth-order valence-corrected chi connectivity index (χ4v) is 1.85. The summed E-state index contributed by atoms with van der Waals surface area (Å²) in [6.07, 6.45) is 1.41. The van der Waals surface area contributed by atoms with Crippen LogP contribution in [0.15, 0.2) is 30.5 Å². The molecule has 0 saturated heterocycles. The molecule has 0 amide bonds. The molecule has 5 heteroatoms. The van der Waals surface area contributed by atoms with Gasteiger partial charge in [0.15, 0.2) is 0 Å². The Kier molecular flexibility index (Phi) is 3.41. The van der Waals surface area contributed by atoms with Gasteiger partial charge in [0.05, 0.1) is 6.20 Å². The van der Waals surface area contributed by atoms with Crippen LogP contribution in [0.25, 0.3) is 0 Å². The maximum Gasteiger partial charge on any atom is 0.236 e. The second-order valence-corrected chi connectivity index (χ2v) is 4.43. The monoisotopic (exact) mass is 247 g/mol. The molecular weight excluding hydrogens is 230 g/mol. The molecule has 2 rings (SSSR count). The van der Waals surface area contributed by atoms with Crippen molar-refractivity contribution in [1.82, 2.24) is 9.94 Å².